The Kier molecular flexibility index (Phi) is 3.16. The highest BCUT2D eigenvalue weighted by Crippen LogP contribution is 2.21. The highest BCUT2D eigenvalue weighted by atomic mass is 16.5. The number of hydrogen-bond acceptors (Lipinski definition) is 5. The molecule has 0 saturated heterocycles. The van der Waals surface area contributed by atoms with Crippen LogP contribution in [-0.2, 0) is 13.6 Å². The summed E-state index contributed by atoms with van der Waals surface area (Å²) in [5.74, 6) is 0.541. The summed E-state index contributed by atoms with van der Waals surface area (Å²) < 4.78 is 7.16. The highest BCUT2D eigenvalue weighted by molar-refractivity contribution is 5.26. The maximum Gasteiger partial charge on any atom is 0.342 e. The van der Waals surface area contributed by atoms with Crippen molar-refractivity contribution < 1.29 is 4.74 Å². The van der Waals surface area contributed by atoms with Gasteiger partial charge in [-0.25, -0.2) is 4.98 Å². The summed E-state index contributed by atoms with van der Waals surface area (Å²) in [5, 5.41) is 7.55. The van der Waals surface area contributed by atoms with Gasteiger partial charge >= 0.3 is 6.01 Å². The van der Waals surface area contributed by atoms with Crippen LogP contribution in [0, 0.1) is 6.92 Å². The topological polar surface area (TPSA) is 64.9 Å². The number of nitrogens with one attached hydrogen (secondary N) is 1. The maximum absolute atomic E-state index is 5.56. The fourth-order valence-electron chi connectivity index (χ4n) is 1.87. The fourth-order valence-corrected chi connectivity index (χ4v) is 1.87. The van der Waals surface area contributed by atoms with E-state index in [-0.39, 0.29) is 0 Å². The normalized spacial score (nSPS) is 14.6. The number of rotatable bonds is 5. The van der Waals surface area contributed by atoms with Gasteiger partial charge in [0, 0.05) is 31.4 Å². The van der Waals surface area contributed by atoms with Gasteiger partial charge in [-0.3, -0.25) is 4.68 Å². The monoisotopic (exact) mass is 259 g/mol. The molecule has 2 aromatic heterocycles. The molecule has 2 aromatic rings. The summed E-state index contributed by atoms with van der Waals surface area (Å²) >= 11 is 0. The van der Waals surface area contributed by atoms with Crippen molar-refractivity contribution in [3.63, 3.8) is 0 Å². The molecule has 1 saturated carbocycles. The lowest BCUT2D eigenvalue weighted by atomic mass is 10.2. The summed E-state index contributed by atoms with van der Waals surface area (Å²) in [6, 6.07) is 5.00. The predicted molar refractivity (Wildman–Crippen MR) is 69.9 cm³/mol. The van der Waals surface area contributed by atoms with Crippen molar-refractivity contribution in [3.8, 4) is 11.9 Å². The van der Waals surface area contributed by atoms with Gasteiger partial charge in [-0.15, -0.1) is 5.10 Å². The molecule has 100 valence electrons. The van der Waals surface area contributed by atoms with Gasteiger partial charge in [0.15, 0.2) is 0 Å². The molecule has 1 aliphatic rings. The third kappa shape index (κ3) is 3.29. The van der Waals surface area contributed by atoms with Crippen LogP contribution in [-0.4, -0.2) is 25.8 Å². The van der Waals surface area contributed by atoms with E-state index in [9.17, 15) is 0 Å². The Morgan fingerprint density at radius 1 is 1.42 bits per heavy atom. The molecule has 0 aliphatic heterocycles. The molecule has 0 radical (unpaired) electrons. The van der Waals surface area contributed by atoms with E-state index in [1.807, 2.05) is 13.0 Å². The van der Waals surface area contributed by atoms with Crippen LogP contribution in [0.4, 0.5) is 0 Å². The molecular weight excluding hydrogens is 242 g/mol. The van der Waals surface area contributed by atoms with Gasteiger partial charge in [0.1, 0.15) is 6.33 Å². The van der Waals surface area contributed by atoms with E-state index in [1.54, 1.807) is 18.1 Å². The second kappa shape index (κ2) is 4.97. The Morgan fingerprint density at radius 2 is 2.26 bits per heavy atom. The summed E-state index contributed by atoms with van der Waals surface area (Å²) in [4.78, 5) is 8.37. The first-order valence-corrected chi connectivity index (χ1v) is 6.43. The van der Waals surface area contributed by atoms with Crippen LogP contribution >= 0.6 is 0 Å². The maximum atomic E-state index is 5.56. The fraction of sp³-hybridized carbons (Fsp3) is 0.462. The average molecular weight is 259 g/mol. The van der Waals surface area contributed by atoms with Crippen LogP contribution in [0.5, 0.6) is 11.9 Å². The number of nitrogens with zero attached hydrogens (tertiary/aromatic N) is 4. The van der Waals surface area contributed by atoms with E-state index in [1.165, 1.54) is 18.4 Å². The lowest BCUT2D eigenvalue weighted by Gasteiger charge is -2.07. The number of aryl methyl sites for hydroxylation is 2. The van der Waals surface area contributed by atoms with Crippen molar-refractivity contribution >= 4 is 0 Å². The number of aromatic nitrogens is 4. The molecule has 1 aliphatic carbocycles. The van der Waals surface area contributed by atoms with E-state index in [0.29, 0.717) is 17.9 Å². The Bertz CT molecular complexity index is 576. The summed E-state index contributed by atoms with van der Waals surface area (Å²) in [7, 11) is 1.80. The predicted octanol–water partition coefficient (Wildman–Crippen LogP) is 1.56. The summed E-state index contributed by atoms with van der Waals surface area (Å²) in [6.45, 7) is 2.80. The molecular formula is C13H17N5O. The van der Waals surface area contributed by atoms with Crippen LogP contribution in [0.1, 0.15) is 24.1 Å². The Labute approximate surface area is 111 Å². The van der Waals surface area contributed by atoms with Crippen LogP contribution in [0.2, 0.25) is 0 Å². The Hall–Kier alpha value is -1.95. The van der Waals surface area contributed by atoms with Crippen molar-refractivity contribution in [2.45, 2.75) is 32.4 Å². The Balaban J connectivity index is 1.72. The molecule has 0 aromatic carbocycles. The average Bonchev–Trinajstić information content (AvgIpc) is 3.10. The van der Waals surface area contributed by atoms with E-state index in [4.69, 9.17) is 4.74 Å². The third-order valence-corrected chi connectivity index (χ3v) is 2.94. The first-order valence-electron chi connectivity index (χ1n) is 6.43. The zero-order valence-corrected chi connectivity index (χ0v) is 11.1. The molecule has 0 bridgehead atoms. The molecule has 0 spiro atoms. The van der Waals surface area contributed by atoms with E-state index in [2.05, 4.69) is 26.4 Å². The minimum atomic E-state index is 0.321. The third-order valence-electron chi connectivity index (χ3n) is 2.94. The van der Waals surface area contributed by atoms with Gasteiger partial charge in [0.2, 0.25) is 5.88 Å². The molecule has 19 heavy (non-hydrogen) atoms. The molecule has 6 nitrogen and oxygen atoms in total. The zero-order chi connectivity index (χ0) is 13.2. The second-order valence-corrected chi connectivity index (χ2v) is 4.91. The number of pyridine rings is 1. The van der Waals surface area contributed by atoms with Crippen molar-refractivity contribution in [1.82, 2.24) is 25.1 Å². The lowest BCUT2D eigenvalue weighted by Crippen LogP contribution is -2.15. The van der Waals surface area contributed by atoms with Gasteiger partial charge in [-0.05, 0) is 31.4 Å². The lowest BCUT2D eigenvalue weighted by molar-refractivity contribution is 0.420. The summed E-state index contributed by atoms with van der Waals surface area (Å²) in [6.07, 6.45) is 4.16. The van der Waals surface area contributed by atoms with E-state index < -0.39 is 0 Å². The van der Waals surface area contributed by atoms with Crippen LogP contribution in [0.25, 0.3) is 0 Å². The number of hydrogen-bond donors (Lipinski definition) is 1. The van der Waals surface area contributed by atoms with Gasteiger partial charge in [-0.1, -0.05) is 0 Å². The van der Waals surface area contributed by atoms with Gasteiger partial charge < -0.3 is 10.1 Å². The first-order chi connectivity index (χ1) is 9.19. The number of ether oxygens (including phenoxy) is 1. The SMILES string of the molecule is Cc1cc(CNC2CC2)cc(Oc2ncn(C)n2)n1. The van der Waals surface area contributed by atoms with Crippen LogP contribution < -0.4 is 10.1 Å². The second-order valence-electron chi connectivity index (χ2n) is 4.91. The molecule has 3 rings (SSSR count). The van der Waals surface area contributed by atoms with Crippen molar-refractivity contribution in [3.05, 3.63) is 29.7 Å². The van der Waals surface area contributed by atoms with Gasteiger partial charge in [-0.2, -0.15) is 4.98 Å². The smallest absolute Gasteiger partial charge is 0.342 e. The van der Waals surface area contributed by atoms with Crippen molar-refractivity contribution in [2.75, 3.05) is 0 Å². The van der Waals surface area contributed by atoms with E-state index >= 15 is 0 Å². The quantitative estimate of drug-likeness (QED) is 0.882. The largest absolute Gasteiger partial charge is 0.404 e. The minimum Gasteiger partial charge on any atom is -0.404 e. The standard InChI is InChI=1S/C13H17N5O/c1-9-5-10(7-14-11-3-4-11)6-12(16-9)19-13-15-8-18(2)17-13/h5-6,8,11,14H,3-4,7H2,1-2H3. The molecule has 0 unspecified atom stereocenters. The van der Waals surface area contributed by atoms with Gasteiger partial charge in [0.05, 0.1) is 0 Å². The molecule has 1 fully saturated rings. The first kappa shape index (κ1) is 12.1. The van der Waals surface area contributed by atoms with Crippen LogP contribution in [0.15, 0.2) is 18.5 Å². The van der Waals surface area contributed by atoms with E-state index in [0.717, 1.165) is 12.2 Å². The Morgan fingerprint density at radius 3 is 2.95 bits per heavy atom. The van der Waals surface area contributed by atoms with Crippen LogP contribution in [0.3, 0.4) is 0 Å². The molecule has 0 amide bonds. The molecule has 1 N–H and O–H groups in total. The van der Waals surface area contributed by atoms with Crippen molar-refractivity contribution in [1.29, 1.82) is 0 Å². The molecule has 6 heteroatoms. The molecule has 0 atom stereocenters. The molecule has 2 heterocycles. The minimum absolute atomic E-state index is 0.321. The summed E-state index contributed by atoms with van der Waals surface area (Å²) in [5.41, 5.74) is 2.10. The highest BCUT2D eigenvalue weighted by Gasteiger charge is 2.20. The van der Waals surface area contributed by atoms with Crippen molar-refractivity contribution in [2.24, 2.45) is 7.05 Å². The van der Waals surface area contributed by atoms with Gasteiger partial charge in [0.25, 0.3) is 0 Å². The zero-order valence-electron chi connectivity index (χ0n) is 11.1.